The topological polar surface area (TPSA) is 38.7 Å². The molecule has 96 valence electrons. The van der Waals surface area contributed by atoms with Crippen molar-refractivity contribution >= 4 is 11.6 Å². The fraction of sp³-hybridized carbons (Fsp3) is 0.125. The molecule has 3 rings (SSSR count). The molecule has 3 nitrogen and oxygen atoms in total. The summed E-state index contributed by atoms with van der Waals surface area (Å²) in [5.41, 5.74) is 3.20. The number of benzene rings is 2. The molecule has 0 aromatic heterocycles. The van der Waals surface area contributed by atoms with Gasteiger partial charge in [-0.15, -0.1) is 0 Å². The van der Waals surface area contributed by atoms with Crippen molar-refractivity contribution in [3.05, 3.63) is 53.6 Å². The zero-order valence-electron chi connectivity index (χ0n) is 10.6. The molecule has 0 bridgehead atoms. The molecule has 19 heavy (non-hydrogen) atoms. The lowest BCUT2D eigenvalue weighted by molar-refractivity contribution is 0.362. The third-order valence-corrected chi connectivity index (χ3v) is 3.17. The predicted molar refractivity (Wildman–Crippen MR) is 74.5 cm³/mol. The van der Waals surface area contributed by atoms with Crippen LogP contribution >= 0.6 is 0 Å². The van der Waals surface area contributed by atoms with E-state index < -0.39 is 0 Å². The minimum atomic E-state index is 0.222. The smallest absolute Gasteiger partial charge is 0.130 e. The third kappa shape index (κ3) is 2.27. The van der Waals surface area contributed by atoms with E-state index in [0.29, 0.717) is 6.61 Å². The minimum absolute atomic E-state index is 0.222. The average molecular weight is 254 g/mol. The van der Waals surface area contributed by atoms with Gasteiger partial charge in [0.05, 0.1) is 7.11 Å². The van der Waals surface area contributed by atoms with Gasteiger partial charge in [-0.25, -0.2) is 0 Å². The first-order valence-electron chi connectivity index (χ1n) is 6.07. The maximum atomic E-state index is 9.41. The number of aromatic hydroxyl groups is 1. The average Bonchev–Trinajstić information content (AvgIpc) is 2.47. The van der Waals surface area contributed by atoms with Gasteiger partial charge in [0, 0.05) is 11.6 Å². The number of rotatable bonds is 2. The van der Waals surface area contributed by atoms with Crippen LogP contribution in [0.3, 0.4) is 0 Å². The normalized spacial score (nSPS) is 13.2. The monoisotopic (exact) mass is 254 g/mol. The van der Waals surface area contributed by atoms with Gasteiger partial charge >= 0.3 is 0 Å². The molecule has 0 spiro atoms. The highest BCUT2D eigenvalue weighted by atomic mass is 16.5. The number of methoxy groups -OCH3 is 1. The van der Waals surface area contributed by atoms with Crippen molar-refractivity contribution in [2.24, 2.45) is 0 Å². The van der Waals surface area contributed by atoms with Crippen LogP contribution in [0.4, 0.5) is 0 Å². The summed E-state index contributed by atoms with van der Waals surface area (Å²) in [6, 6.07) is 13.0. The Morgan fingerprint density at radius 3 is 2.63 bits per heavy atom. The van der Waals surface area contributed by atoms with E-state index in [-0.39, 0.29) is 5.75 Å². The SMILES string of the molecule is COc1ccc(C2=Cc3ccc(O)cc3OC2)cc1. The molecule has 1 aliphatic rings. The first kappa shape index (κ1) is 11.7. The summed E-state index contributed by atoms with van der Waals surface area (Å²) in [6.45, 7) is 0.503. The summed E-state index contributed by atoms with van der Waals surface area (Å²) in [5, 5.41) is 9.41. The van der Waals surface area contributed by atoms with Gasteiger partial charge < -0.3 is 14.6 Å². The zero-order valence-corrected chi connectivity index (χ0v) is 10.6. The second-order valence-electron chi connectivity index (χ2n) is 4.41. The lowest BCUT2D eigenvalue weighted by Crippen LogP contribution is -2.06. The molecule has 1 N–H and O–H groups in total. The van der Waals surface area contributed by atoms with Crippen molar-refractivity contribution in [3.63, 3.8) is 0 Å². The predicted octanol–water partition coefficient (Wildman–Crippen LogP) is 3.33. The minimum Gasteiger partial charge on any atom is -0.508 e. The van der Waals surface area contributed by atoms with Gasteiger partial charge in [-0.05, 0) is 41.5 Å². The van der Waals surface area contributed by atoms with Gasteiger partial charge in [-0.1, -0.05) is 12.1 Å². The van der Waals surface area contributed by atoms with Crippen molar-refractivity contribution in [1.82, 2.24) is 0 Å². The van der Waals surface area contributed by atoms with E-state index in [1.165, 1.54) is 0 Å². The van der Waals surface area contributed by atoms with Gasteiger partial charge in [-0.2, -0.15) is 0 Å². The summed E-state index contributed by atoms with van der Waals surface area (Å²) >= 11 is 0. The van der Waals surface area contributed by atoms with Crippen LogP contribution in [0.25, 0.3) is 11.6 Å². The van der Waals surface area contributed by atoms with Crippen molar-refractivity contribution < 1.29 is 14.6 Å². The van der Waals surface area contributed by atoms with Gasteiger partial charge in [0.1, 0.15) is 23.9 Å². The summed E-state index contributed by atoms with van der Waals surface area (Å²) in [7, 11) is 1.65. The molecule has 0 unspecified atom stereocenters. The largest absolute Gasteiger partial charge is 0.508 e. The Morgan fingerprint density at radius 1 is 1.11 bits per heavy atom. The Kier molecular flexibility index (Phi) is 2.88. The summed E-state index contributed by atoms with van der Waals surface area (Å²) in [6.07, 6.45) is 2.08. The van der Waals surface area contributed by atoms with Crippen LogP contribution in [0.2, 0.25) is 0 Å². The lowest BCUT2D eigenvalue weighted by Gasteiger charge is -2.18. The van der Waals surface area contributed by atoms with Crippen LogP contribution < -0.4 is 9.47 Å². The van der Waals surface area contributed by atoms with Crippen LogP contribution in [0.5, 0.6) is 17.2 Å². The Bertz CT molecular complexity index is 627. The molecule has 1 heterocycles. The van der Waals surface area contributed by atoms with Gasteiger partial charge in [0.25, 0.3) is 0 Å². The van der Waals surface area contributed by atoms with Gasteiger partial charge in [0.15, 0.2) is 0 Å². The van der Waals surface area contributed by atoms with Crippen LogP contribution in [-0.4, -0.2) is 18.8 Å². The van der Waals surface area contributed by atoms with E-state index in [4.69, 9.17) is 9.47 Å². The standard InChI is InChI=1S/C16H14O3/c1-18-15-6-3-11(4-7-15)13-8-12-2-5-14(17)9-16(12)19-10-13/h2-9,17H,10H2,1H3. The van der Waals surface area contributed by atoms with E-state index in [2.05, 4.69) is 6.08 Å². The molecule has 1 aliphatic heterocycles. The molecular weight excluding hydrogens is 240 g/mol. The Balaban J connectivity index is 1.95. The Hall–Kier alpha value is -2.42. The van der Waals surface area contributed by atoms with E-state index >= 15 is 0 Å². The van der Waals surface area contributed by atoms with Crippen molar-refractivity contribution in [3.8, 4) is 17.2 Å². The van der Waals surface area contributed by atoms with Crippen LogP contribution in [-0.2, 0) is 0 Å². The molecule has 0 amide bonds. The number of hydrogen-bond donors (Lipinski definition) is 1. The summed E-state index contributed by atoms with van der Waals surface area (Å²) in [5.74, 6) is 1.78. The highest BCUT2D eigenvalue weighted by Crippen LogP contribution is 2.33. The number of ether oxygens (including phenoxy) is 2. The van der Waals surface area contributed by atoms with Crippen molar-refractivity contribution in [1.29, 1.82) is 0 Å². The summed E-state index contributed by atoms with van der Waals surface area (Å²) in [4.78, 5) is 0. The fourth-order valence-corrected chi connectivity index (χ4v) is 2.12. The summed E-state index contributed by atoms with van der Waals surface area (Å²) < 4.78 is 10.8. The highest BCUT2D eigenvalue weighted by molar-refractivity contribution is 5.85. The van der Waals surface area contributed by atoms with Crippen molar-refractivity contribution in [2.45, 2.75) is 0 Å². The Labute approximate surface area is 111 Å². The molecule has 0 atom stereocenters. The van der Waals surface area contributed by atoms with Crippen LogP contribution in [0, 0.1) is 0 Å². The van der Waals surface area contributed by atoms with E-state index in [1.54, 1.807) is 19.2 Å². The number of hydrogen-bond acceptors (Lipinski definition) is 3. The van der Waals surface area contributed by atoms with Gasteiger partial charge in [0.2, 0.25) is 0 Å². The van der Waals surface area contributed by atoms with E-state index in [9.17, 15) is 5.11 Å². The quantitative estimate of drug-likeness (QED) is 0.893. The molecular formula is C16H14O3. The number of phenols is 1. The maximum absolute atomic E-state index is 9.41. The molecule has 0 aliphatic carbocycles. The molecule has 2 aromatic rings. The molecule has 0 saturated carbocycles. The first-order chi connectivity index (χ1) is 9.26. The fourth-order valence-electron chi connectivity index (χ4n) is 2.12. The molecule has 2 aromatic carbocycles. The second-order valence-corrected chi connectivity index (χ2v) is 4.41. The molecule has 3 heteroatoms. The van der Waals surface area contributed by atoms with E-state index in [0.717, 1.165) is 28.2 Å². The lowest BCUT2D eigenvalue weighted by atomic mass is 10.0. The highest BCUT2D eigenvalue weighted by Gasteiger charge is 2.13. The second kappa shape index (κ2) is 4.69. The van der Waals surface area contributed by atoms with Crippen molar-refractivity contribution in [2.75, 3.05) is 13.7 Å². The number of phenolic OH excluding ortho intramolecular Hbond substituents is 1. The molecule has 0 fully saturated rings. The van der Waals surface area contributed by atoms with Crippen LogP contribution in [0.1, 0.15) is 11.1 Å². The van der Waals surface area contributed by atoms with E-state index in [1.807, 2.05) is 30.3 Å². The first-order valence-corrected chi connectivity index (χ1v) is 6.07. The Morgan fingerprint density at radius 2 is 1.89 bits per heavy atom. The van der Waals surface area contributed by atoms with Gasteiger partial charge in [-0.3, -0.25) is 0 Å². The zero-order chi connectivity index (χ0) is 13.2. The molecule has 0 radical (unpaired) electrons. The molecule has 0 saturated heterocycles. The number of fused-ring (bicyclic) bond motifs is 1. The maximum Gasteiger partial charge on any atom is 0.130 e. The van der Waals surface area contributed by atoms with Crippen LogP contribution in [0.15, 0.2) is 42.5 Å². The third-order valence-electron chi connectivity index (χ3n) is 3.17.